The second-order valence-electron chi connectivity index (χ2n) is 3.82. The minimum Gasteiger partial charge on any atom is -0.388 e. The Morgan fingerprint density at radius 2 is 1.77 bits per heavy atom. The van der Waals surface area contributed by atoms with Gasteiger partial charge in [0.15, 0.2) is 0 Å². The van der Waals surface area contributed by atoms with Crippen molar-refractivity contribution in [2.45, 2.75) is 30.4 Å². The number of amides is 1. The monoisotopic (exact) mass is 251 g/mol. The molecule has 0 aromatic rings. The molecule has 0 aromatic heterocycles. The van der Waals surface area contributed by atoms with Gasteiger partial charge in [0.2, 0.25) is 5.91 Å². The molecule has 0 aliphatic carbocycles. The van der Waals surface area contributed by atoms with Crippen molar-refractivity contribution in [1.29, 1.82) is 0 Å². The van der Waals surface area contributed by atoms with Gasteiger partial charge in [0, 0.05) is 13.1 Å². The highest BCUT2D eigenvalue weighted by Gasteiger charge is 2.37. The fourth-order valence-corrected chi connectivity index (χ4v) is 1.56. The molecule has 1 saturated heterocycles. The van der Waals surface area contributed by atoms with Crippen molar-refractivity contribution in [1.82, 2.24) is 4.90 Å². The molecule has 0 bridgehead atoms. The molecule has 1 rings (SSSR count). The van der Waals surface area contributed by atoms with Crippen molar-refractivity contribution in [2.24, 2.45) is 0 Å². The van der Waals surface area contributed by atoms with Crippen LogP contribution in [0.15, 0.2) is 0 Å². The van der Waals surface area contributed by atoms with Crippen LogP contribution in [-0.4, -0.2) is 50.6 Å². The zero-order valence-electron chi connectivity index (χ0n) is 7.70. The summed E-state index contributed by atoms with van der Waals surface area (Å²) in [6, 6.07) is 0. The fraction of sp³-hybridized carbons (Fsp3) is 0.875. The highest BCUT2D eigenvalue weighted by Crippen LogP contribution is 2.22. The highest BCUT2D eigenvalue weighted by atomic mass is 79.9. The summed E-state index contributed by atoms with van der Waals surface area (Å²) in [5.41, 5.74) is 0. The van der Waals surface area contributed by atoms with Gasteiger partial charge in [-0.05, 0) is 13.8 Å². The Balaban J connectivity index is 2.61. The molecule has 4 nitrogen and oxygen atoms in total. The van der Waals surface area contributed by atoms with E-state index in [1.807, 2.05) is 0 Å². The summed E-state index contributed by atoms with van der Waals surface area (Å²) in [6.07, 6.45) is -1.61. The number of aliphatic hydroxyl groups is 2. The third kappa shape index (κ3) is 2.42. The number of β-amino-alcohol motifs (C(OH)–C–C–N with tert-alkyl or cyclic N) is 2. The van der Waals surface area contributed by atoms with Crippen molar-refractivity contribution in [3.8, 4) is 0 Å². The van der Waals surface area contributed by atoms with Crippen LogP contribution in [0.2, 0.25) is 0 Å². The van der Waals surface area contributed by atoms with Gasteiger partial charge in [-0.3, -0.25) is 4.79 Å². The Labute approximate surface area is 85.7 Å². The van der Waals surface area contributed by atoms with E-state index in [2.05, 4.69) is 15.9 Å². The molecule has 2 atom stereocenters. The molecule has 0 spiro atoms. The lowest BCUT2D eigenvalue weighted by Crippen LogP contribution is -2.40. The van der Waals surface area contributed by atoms with E-state index in [0.717, 1.165) is 0 Å². The summed E-state index contributed by atoms with van der Waals surface area (Å²) < 4.78 is -0.628. The molecule has 1 heterocycles. The van der Waals surface area contributed by atoms with E-state index in [9.17, 15) is 15.0 Å². The summed E-state index contributed by atoms with van der Waals surface area (Å²) in [6.45, 7) is 3.92. The van der Waals surface area contributed by atoms with Crippen molar-refractivity contribution in [3.63, 3.8) is 0 Å². The zero-order valence-corrected chi connectivity index (χ0v) is 9.28. The van der Waals surface area contributed by atoms with Crippen LogP contribution in [0.1, 0.15) is 13.8 Å². The minimum atomic E-state index is -0.807. The Bertz CT molecular complexity index is 204. The SMILES string of the molecule is CC(C)(Br)C(=O)N1C[C@@H](O)[C@@H](O)C1. The molecule has 13 heavy (non-hydrogen) atoms. The quantitative estimate of drug-likeness (QED) is 0.631. The lowest BCUT2D eigenvalue weighted by molar-refractivity contribution is -0.132. The Hall–Kier alpha value is -0.130. The summed E-state index contributed by atoms with van der Waals surface area (Å²) in [7, 11) is 0. The molecule has 0 aromatic carbocycles. The van der Waals surface area contributed by atoms with E-state index in [1.54, 1.807) is 13.8 Å². The van der Waals surface area contributed by atoms with Gasteiger partial charge in [0.25, 0.3) is 0 Å². The summed E-state index contributed by atoms with van der Waals surface area (Å²) in [4.78, 5) is 13.1. The minimum absolute atomic E-state index is 0.108. The second-order valence-corrected chi connectivity index (χ2v) is 5.80. The molecule has 0 radical (unpaired) electrons. The van der Waals surface area contributed by atoms with Crippen LogP contribution < -0.4 is 0 Å². The van der Waals surface area contributed by atoms with Crippen LogP contribution in [0.25, 0.3) is 0 Å². The number of nitrogens with zero attached hydrogens (tertiary/aromatic N) is 1. The summed E-state index contributed by atoms with van der Waals surface area (Å²) in [5.74, 6) is -0.108. The van der Waals surface area contributed by atoms with Crippen LogP contribution in [0, 0.1) is 0 Å². The fourth-order valence-electron chi connectivity index (χ4n) is 1.31. The predicted molar refractivity (Wildman–Crippen MR) is 51.6 cm³/mol. The van der Waals surface area contributed by atoms with E-state index >= 15 is 0 Å². The third-order valence-electron chi connectivity index (χ3n) is 2.05. The predicted octanol–water partition coefficient (Wildman–Crippen LogP) is -0.276. The maximum atomic E-state index is 11.6. The Morgan fingerprint density at radius 1 is 1.38 bits per heavy atom. The number of likely N-dealkylation sites (tertiary alicyclic amines) is 1. The van der Waals surface area contributed by atoms with Gasteiger partial charge in [-0.1, -0.05) is 15.9 Å². The maximum absolute atomic E-state index is 11.6. The molecule has 0 saturated carbocycles. The maximum Gasteiger partial charge on any atom is 0.239 e. The van der Waals surface area contributed by atoms with Gasteiger partial charge in [-0.2, -0.15) is 0 Å². The molecule has 0 unspecified atom stereocenters. The molecule has 2 N–H and O–H groups in total. The van der Waals surface area contributed by atoms with Gasteiger partial charge >= 0.3 is 0 Å². The Kier molecular flexibility index (Phi) is 2.99. The van der Waals surface area contributed by atoms with Crippen molar-refractivity contribution >= 4 is 21.8 Å². The van der Waals surface area contributed by atoms with Crippen LogP contribution in [0.4, 0.5) is 0 Å². The van der Waals surface area contributed by atoms with Gasteiger partial charge < -0.3 is 15.1 Å². The Morgan fingerprint density at radius 3 is 2.08 bits per heavy atom. The standard InChI is InChI=1S/C8H14BrNO3/c1-8(2,9)7(13)10-3-5(11)6(12)4-10/h5-6,11-12H,3-4H2,1-2H3/t5-,6+. The van der Waals surface area contributed by atoms with Crippen LogP contribution in [-0.2, 0) is 4.79 Å². The van der Waals surface area contributed by atoms with Crippen LogP contribution in [0.5, 0.6) is 0 Å². The first-order valence-corrected chi connectivity index (χ1v) is 4.96. The van der Waals surface area contributed by atoms with Gasteiger partial charge in [0.05, 0.1) is 16.5 Å². The molecule has 1 fully saturated rings. The zero-order chi connectivity index (χ0) is 10.2. The van der Waals surface area contributed by atoms with Gasteiger partial charge in [0.1, 0.15) is 0 Å². The van der Waals surface area contributed by atoms with E-state index in [4.69, 9.17) is 0 Å². The highest BCUT2D eigenvalue weighted by molar-refractivity contribution is 9.10. The number of alkyl halides is 1. The third-order valence-corrected chi connectivity index (χ3v) is 2.39. The molecular formula is C8H14BrNO3. The number of hydrogen-bond donors (Lipinski definition) is 2. The lowest BCUT2D eigenvalue weighted by atomic mass is 10.2. The van der Waals surface area contributed by atoms with E-state index in [1.165, 1.54) is 4.90 Å². The van der Waals surface area contributed by atoms with Gasteiger partial charge in [-0.15, -0.1) is 0 Å². The second kappa shape index (κ2) is 3.55. The summed E-state index contributed by atoms with van der Waals surface area (Å²) in [5, 5.41) is 18.4. The molecule has 1 aliphatic rings. The average molecular weight is 252 g/mol. The molecule has 5 heteroatoms. The van der Waals surface area contributed by atoms with Crippen LogP contribution >= 0.6 is 15.9 Å². The number of carbonyl (C=O) groups is 1. The normalized spacial score (nSPS) is 29.5. The number of hydrogen-bond acceptors (Lipinski definition) is 3. The lowest BCUT2D eigenvalue weighted by Gasteiger charge is -2.23. The first kappa shape index (κ1) is 10.9. The summed E-state index contributed by atoms with van der Waals surface area (Å²) >= 11 is 3.24. The number of aliphatic hydroxyl groups excluding tert-OH is 2. The molecule has 76 valence electrons. The molecule has 1 aliphatic heterocycles. The first-order valence-electron chi connectivity index (χ1n) is 4.17. The average Bonchev–Trinajstić information content (AvgIpc) is 2.29. The molecule has 1 amide bonds. The largest absolute Gasteiger partial charge is 0.388 e. The van der Waals surface area contributed by atoms with Crippen LogP contribution in [0.3, 0.4) is 0 Å². The van der Waals surface area contributed by atoms with E-state index < -0.39 is 16.5 Å². The smallest absolute Gasteiger partial charge is 0.239 e. The number of carbonyl (C=O) groups excluding carboxylic acids is 1. The van der Waals surface area contributed by atoms with Gasteiger partial charge in [-0.25, -0.2) is 0 Å². The molecular weight excluding hydrogens is 238 g/mol. The first-order chi connectivity index (χ1) is 5.82. The van der Waals surface area contributed by atoms with E-state index in [-0.39, 0.29) is 19.0 Å². The van der Waals surface area contributed by atoms with Crippen molar-refractivity contribution < 1.29 is 15.0 Å². The number of halogens is 1. The van der Waals surface area contributed by atoms with Crippen molar-refractivity contribution in [3.05, 3.63) is 0 Å². The van der Waals surface area contributed by atoms with Crippen molar-refractivity contribution in [2.75, 3.05) is 13.1 Å². The van der Waals surface area contributed by atoms with E-state index in [0.29, 0.717) is 0 Å². The topological polar surface area (TPSA) is 60.8 Å². The number of rotatable bonds is 1.